The van der Waals surface area contributed by atoms with Gasteiger partial charge >= 0.3 is 5.97 Å². The lowest BCUT2D eigenvalue weighted by molar-refractivity contribution is 0.0674. The summed E-state index contributed by atoms with van der Waals surface area (Å²) in [5.74, 6) is -3.36. The van der Waals surface area contributed by atoms with Crippen molar-refractivity contribution >= 4 is 17.6 Å². The number of aromatic nitrogens is 1. The molecule has 0 unspecified atom stereocenters. The molecule has 1 aromatic heterocycles. The number of nitrogens with zero attached hydrogens (tertiary/aromatic N) is 1. The van der Waals surface area contributed by atoms with Gasteiger partial charge in [-0.3, -0.25) is 0 Å². The van der Waals surface area contributed by atoms with Crippen molar-refractivity contribution in [2.45, 2.75) is 12.3 Å². The molecule has 15 heavy (non-hydrogen) atoms. The van der Waals surface area contributed by atoms with Gasteiger partial charge in [-0.15, -0.1) is 11.6 Å². The Morgan fingerprint density at radius 3 is 2.60 bits per heavy atom. The minimum absolute atomic E-state index is 0.253. The van der Waals surface area contributed by atoms with Gasteiger partial charge in [-0.1, -0.05) is 0 Å². The monoisotopic (exact) mass is 239 g/mol. The van der Waals surface area contributed by atoms with E-state index < -0.39 is 29.5 Å². The zero-order valence-corrected chi connectivity index (χ0v) is 7.93. The average molecular weight is 240 g/mol. The van der Waals surface area contributed by atoms with Crippen LogP contribution in [0.2, 0.25) is 0 Å². The van der Waals surface area contributed by atoms with Crippen LogP contribution in [0.5, 0.6) is 0 Å². The maximum absolute atomic E-state index is 13.3. The first-order chi connectivity index (χ1) is 6.99. The molecule has 1 rings (SSSR count). The van der Waals surface area contributed by atoms with Gasteiger partial charge in [0.15, 0.2) is 5.69 Å². The van der Waals surface area contributed by atoms with Crippen molar-refractivity contribution in [3.63, 3.8) is 0 Å². The van der Waals surface area contributed by atoms with E-state index in [4.69, 9.17) is 16.7 Å². The Bertz CT molecular complexity index is 398. The molecule has 0 fully saturated rings. The van der Waals surface area contributed by atoms with Crippen LogP contribution in [0.1, 0.15) is 28.0 Å². The first-order valence-electron chi connectivity index (χ1n) is 3.73. The quantitative estimate of drug-likeness (QED) is 0.825. The summed E-state index contributed by atoms with van der Waals surface area (Å²) in [6.45, 7) is 0. The number of halogens is 4. The Hall–Kier alpha value is -1.30. The summed E-state index contributed by atoms with van der Waals surface area (Å²) in [6, 6.07) is 0. The van der Waals surface area contributed by atoms with Crippen molar-refractivity contribution in [2.75, 3.05) is 0 Å². The third-order valence-electron chi connectivity index (χ3n) is 1.69. The summed E-state index contributed by atoms with van der Waals surface area (Å²) < 4.78 is 38.0. The third-order valence-corrected chi connectivity index (χ3v) is 1.98. The van der Waals surface area contributed by atoms with Gasteiger partial charge < -0.3 is 5.11 Å². The lowest BCUT2D eigenvalue weighted by atomic mass is 10.1. The van der Waals surface area contributed by atoms with Crippen molar-refractivity contribution in [3.8, 4) is 0 Å². The Labute approximate surface area is 87.5 Å². The van der Waals surface area contributed by atoms with E-state index >= 15 is 0 Å². The highest BCUT2D eigenvalue weighted by molar-refractivity contribution is 6.17. The number of aromatic carboxylic acids is 1. The minimum atomic E-state index is -3.24. The Morgan fingerprint density at radius 1 is 1.60 bits per heavy atom. The standard InChI is InChI=1S/C8H5ClF3NO2/c9-1-3-2-13-6(8(14)15)4(5(3)10)7(11)12/h2,7H,1H2,(H,14,15). The summed E-state index contributed by atoms with van der Waals surface area (Å²) >= 11 is 5.27. The van der Waals surface area contributed by atoms with Crippen LogP contribution in [0.25, 0.3) is 0 Å². The summed E-state index contributed by atoms with van der Waals surface area (Å²) in [7, 11) is 0. The first-order valence-corrected chi connectivity index (χ1v) is 4.27. The second-order valence-electron chi connectivity index (χ2n) is 2.60. The largest absolute Gasteiger partial charge is 0.476 e. The summed E-state index contributed by atoms with van der Waals surface area (Å²) in [4.78, 5) is 13.7. The Morgan fingerprint density at radius 2 is 2.20 bits per heavy atom. The number of carbonyl (C=O) groups is 1. The van der Waals surface area contributed by atoms with E-state index in [0.29, 0.717) is 0 Å². The van der Waals surface area contributed by atoms with Crippen molar-refractivity contribution < 1.29 is 23.1 Å². The molecule has 7 heteroatoms. The second kappa shape index (κ2) is 4.48. The molecule has 3 nitrogen and oxygen atoms in total. The van der Waals surface area contributed by atoms with Crippen LogP contribution in [0, 0.1) is 5.82 Å². The zero-order chi connectivity index (χ0) is 11.6. The van der Waals surface area contributed by atoms with E-state index in [1.165, 1.54) is 0 Å². The number of hydrogen-bond donors (Lipinski definition) is 1. The maximum Gasteiger partial charge on any atom is 0.355 e. The zero-order valence-electron chi connectivity index (χ0n) is 7.18. The average Bonchev–Trinajstić information content (AvgIpc) is 2.16. The molecule has 0 saturated carbocycles. The number of alkyl halides is 3. The molecule has 0 bridgehead atoms. The highest BCUT2D eigenvalue weighted by Gasteiger charge is 2.25. The van der Waals surface area contributed by atoms with Crippen LogP contribution in [0.3, 0.4) is 0 Å². The fourth-order valence-corrected chi connectivity index (χ4v) is 1.19. The third kappa shape index (κ3) is 2.20. The summed E-state index contributed by atoms with van der Waals surface area (Å²) in [5, 5.41) is 8.51. The Kier molecular flexibility index (Phi) is 3.52. The van der Waals surface area contributed by atoms with Gasteiger partial charge in [0.25, 0.3) is 6.43 Å². The molecule has 1 N–H and O–H groups in total. The molecule has 0 aliphatic heterocycles. The molecule has 0 radical (unpaired) electrons. The molecule has 0 atom stereocenters. The molecular formula is C8H5ClF3NO2. The highest BCUT2D eigenvalue weighted by atomic mass is 35.5. The second-order valence-corrected chi connectivity index (χ2v) is 2.87. The molecule has 0 aliphatic carbocycles. The maximum atomic E-state index is 13.3. The number of carboxylic acid groups (broad SMARTS) is 1. The summed E-state index contributed by atoms with van der Waals surface area (Å²) in [6.07, 6.45) is -2.41. The van der Waals surface area contributed by atoms with Gasteiger partial charge in [-0.25, -0.2) is 22.9 Å². The number of carboxylic acids is 1. The van der Waals surface area contributed by atoms with Crippen LogP contribution in [-0.2, 0) is 5.88 Å². The van der Waals surface area contributed by atoms with Gasteiger partial charge in [0, 0.05) is 11.8 Å². The SMILES string of the molecule is O=C(O)c1ncc(CCl)c(F)c1C(F)F. The van der Waals surface area contributed by atoms with E-state index in [1.54, 1.807) is 0 Å². The van der Waals surface area contributed by atoms with Crippen molar-refractivity contribution in [2.24, 2.45) is 0 Å². The molecule has 0 amide bonds. The van der Waals surface area contributed by atoms with E-state index in [9.17, 15) is 18.0 Å². The lowest BCUT2D eigenvalue weighted by Gasteiger charge is -2.07. The Balaban J connectivity index is 3.44. The van der Waals surface area contributed by atoms with Crippen LogP contribution in [0.15, 0.2) is 6.20 Å². The van der Waals surface area contributed by atoms with E-state index in [1.807, 2.05) is 0 Å². The molecule has 0 aromatic carbocycles. The smallest absolute Gasteiger partial charge is 0.355 e. The van der Waals surface area contributed by atoms with Crippen molar-refractivity contribution in [1.82, 2.24) is 4.98 Å². The molecule has 1 heterocycles. The first kappa shape index (κ1) is 11.8. The normalized spacial score (nSPS) is 10.7. The number of pyridine rings is 1. The van der Waals surface area contributed by atoms with E-state index in [0.717, 1.165) is 6.20 Å². The molecule has 1 aromatic rings. The fraction of sp³-hybridized carbons (Fsp3) is 0.250. The molecule has 0 aliphatic rings. The molecular weight excluding hydrogens is 235 g/mol. The van der Waals surface area contributed by atoms with Gasteiger partial charge in [0.2, 0.25) is 0 Å². The topological polar surface area (TPSA) is 50.2 Å². The van der Waals surface area contributed by atoms with Gasteiger partial charge in [0.1, 0.15) is 5.82 Å². The molecule has 82 valence electrons. The minimum Gasteiger partial charge on any atom is -0.476 e. The van der Waals surface area contributed by atoms with Crippen molar-refractivity contribution in [3.05, 3.63) is 28.8 Å². The number of hydrogen-bond acceptors (Lipinski definition) is 2. The predicted molar refractivity (Wildman–Crippen MR) is 45.7 cm³/mol. The van der Waals surface area contributed by atoms with Crippen LogP contribution in [-0.4, -0.2) is 16.1 Å². The highest BCUT2D eigenvalue weighted by Crippen LogP contribution is 2.27. The summed E-state index contributed by atoms with van der Waals surface area (Å²) in [5.41, 5.74) is -2.46. The lowest BCUT2D eigenvalue weighted by Crippen LogP contribution is -2.10. The van der Waals surface area contributed by atoms with E-state index in [-0.39, 0.29) is 11.4 Å². The van der Waals surface area contributed by atoms with Gasteiger partial charge in [-0.2, -0.15) is 0 Å². The van der Waals surface area contributed by atoms with Gasteiger partial charge in [-0.05, 0) is 0 Å². The van der Waals surface area contributed by atoms with Gasteiger partial charge in [0.05, 0.1) is 11.4 Å². The van der Waals surface area contributed by atoms with Crippen LogP contribution >= 0.6 is 11.6 Å². The fourth-order valence-electron chi connectivity index (χ4n) is 1.01. The number of rotatable bonds is 3. The molecule has 0 spiro atoms. The van der Waals surface area contributed by atoms with Crippen LogP contribution < -0.4 is 0 Å². The predicted octanol–water partition coefficient (Wildman–Crippen LogP) is 2.60. The van der Waals surface area contributed by atoms with Crippen LogP contribution in [0.4, 0.5) is 13.2 Å². The molecule has 0 saturated heterocycles. The van der Waals surface area contributed by atoms with E-state index in [2.05, 4.69) is 4.98 Å². The van der Waals surface area contributed by atoms with Crippen molar-refractivity contribution in [1.29, 1.82) is 0 Å².